The first-order chi connectivity index (χ1) is 8.63. The molecule has 0 aromatic heterocycles. The van der Waals surface area contributed by atoms with Gasteiger partial charge in [0.15, 0.2) is 0 Å². The number of hydrogen-bond donors (Lipinski definition) is 3. The highest BCUT2D eigenvalue weighted by atomic mass is 16.1. The molecule has 1 unspecified atom stereocenters. The number of hydrogen-bond acceptors (Lipinski definition) is 3. The molecule has 1 aromatic rings. The standard InChI is InChI=1S/C10H13N3O.2C2H6/c11-9(6-14)5-7-1-3-8(4-2-7)10(12)13;2*1-2/h1-4,6,9H,5,11H2,(H3,12,13);2*1-2H3. The Hall–Kier alpha value is -1.68. The predicted molar refractivity (Wildman–Crippen MR) is 77.9 cm³/mol. The van der Waals surface area contributed by atoms with Crippen molar-refractivity contribution in [1.29, 1.82) is 5.41 Å². The minimum absolute atomic E-state index is 0.0382. The fourth-order valence-corrected chi connectivity index (χ4v) is 1.14. The Morgan fingerprint density at radius 3 is 2.00 bits per heavy atom. The average Bonchev–Trinajstić information content (AvgIpc) is 2.43. The smallest absolute Gasteiger partial charge is 0.137 e. The maximum Gasteiger partial charge on any atom is 0.137 e. The van der Waals surface area contributed by atoms with Gasteiger partial charge in [-0.15, -0.1) is 0 Å². The van der Waals surface area contributed by atoms with Crippen LogP contribution in [0.5, 0.6) is 0 Å². The van der Waals surface area contributed by atoms with E-state index in [1.165, 1.54) is 0 Å². The van der Waals surface area contributed by atoms with Crippen LogP contribution in [0, 0.1) is 5.41 Å². The van der Waals surface area contributed by atoms with Crippen molar-refractivity contribution in [3.05, 3.63) is 35.4 Å². The SMILES string of the molecule is CC.CC.N=C(N)c1ccc(CC(N)C=O)cc1. The number of nitrogen functional groups attached to an aromatic ring is 1. The van der Waals surface area contributed by atoms with Crippen LogP contribution >= 0.6 is 0 Å². The van der Waals surface area contributed by atoms with Gasteiger partial charge in [0.2, 0.25) is 0 Å². The second kappa shape index (κ2) is 11.8. The lowest BCUT2D eigenvalue weighted by atomic mass is 10.1. The lowest BCUT2D eigenvalue weighted by molar-refractivity contribution is -0.108. The van der Waals surface area contributed by atoms with Gasteiger partial charge in [-0.2, -0.15) is 0 Å². The summed E-state index contributed by atoms with van der Waals surface area (Å²) >= 11 is 0. The zero-order valence-electron chi connectivity index (χ0n) is 11.7. The van der Waals surface area contributed by atoms with Crippen molar-refractivity contribution in [2.24, 2.45) is 11.5 Å². The van der Waals surface area contributed by atoms with Gasteiger partial charge in [0.1, 0.15) is 12.1 Å². The monoisotopic (exact) mass is 251 g/mol. The van der Waals surface area contributed by atoms with E-state index in [4.69, 9.17) is 16.9 Å². The van der Waals surface area contributed by atoms with Crippen LogP contribution in [0.3, 0.4) is 0 Å². The van der Waals surface area contributed by atoms with Crippen LogP contribution < -0.4 is 11.5 Å². The molecular formula is C14H25N3O. The number of benzene rings is 1. The van der Waals surface area contributed by atoms with Crippen molar-refractivity contribution in [3.63, 3.8) is 0 Å². The largest absolute Gasteiger partial charge is 0.384 e. The number of nitrogens with one attached hydrogen (secondary N) is 1. The van der Waals surface area contributed by atoms with Crippen LogP contribution in [0.25, 0.3) is 0 Å². The van der Waals surface area contributed by atoms with Crippen molar-refractivity contribution < 1.29 is 4.79 Å². The van der Waals surface area contributed by atoms with Crippen LogP contribution in [0.1, 0.15) is 38.8 Å². The van der Waals surface area contributed by atoms with Crippen LogP contribution in [0.2, 0.25) is 0 Å². The second-order valence-electron chi connectivity index (χ2n) is 3.11. The fourth-order valence-electron chi connectivity index (χ4n) is 1.14. The number of aldehydes is 1. The Balaban J connectivity index is 0. The van der Waals surface area contributed by atoms with Gasteiger partial charge in [-0.05, 0) is 12.0 Å². The number of nitrogens with two attached hydrogens (primary N) is 2. The number of amidine groups is 1. The molecule has 1 atom stereocenters. The molecule has 1 aromatic carbocycles. The summed E-state index contributed by atoms with van der Waals surface area (Å²) in [5.41, 5.74) is 12.4. The van der Waals surface area contributed by atoms with E-state index in [9.17, 15) is 4.79 Å². The summed E-state index contributed by atoms with van der Waals surface area (Å²) in [5, 5.41) is 7.18. The normalized spacial score (nSPS) is 10.1. The lowest BCUT2D eigenvalue weighted by Gasteiger charge is -2.04. The van der Waals surface area contributed by atoms with Gasteiger partial charge in [-0.1, -0.05) is 52.0 Å². The van der Waals surface area contributed by atoms with Gasteiger partial charge in [-0.3, -0.25) is 5.41 Å². The van der Waals surface area contributed by atoms with Gasteiger partial charge < -0.3 is 16.3 Å². The third kappa shape index (κ3) is 7.57. The summed E-state index contributed by atoms with van der Waals surface area (Å²) in [6.45, 7) is 8.00. The molecule has 0 radical (unpaired) electrons. The number of rotatable bonds is 4. The van der Waals surface area contributed by atoms with E-state index in [2.05, 4.69) is 0 Å². The second-order valence-corrected chi connectivity index (χ2v) is 3.11. The molecule has 4 heteroatoms. The van der Waals surface area contributed by atoms with Crippen molar-refractivity contribution in [1.82, 2.24) is 0 Å². The molecule has 1 rings (SSSR count). The molecule has 0 aliphatic heterocycles. The molecular weight excluding hydrogens is 226 g/mol. The first-order valence-corrected chi connectivity index (χ1v) is 6.27. The molecule has 18 heavy (non-hydrogen) atoms. The summed E-state index contributed by atoms with van der Waals surface area (Å²) in [6, 6.07) is 6.67. The van der Waals surface area contributed by atoms with E-state index in [0.29, 0.717) is 12.0 Å². The molecule has 102 valence electrons. The van der Waals surface area contributed by atoms with E-state index in [-0.39, 0.29) is 5.84 Å². The predicted octanol–water partition coefficient (Wildman–Crippen LogP) is 2.09. The molecule has 0 heterocycles. The van der Waals surface area contributed by atoms with Crippen LogP contribution in [-0.2, 0) is 11.2 Å². The summed E-state index contributed by atoms with van der Waals surface area (Å²) in [6.07, 6.45) is 1.24. The van der Waals surface area contributed by atoms with Crippen LogP contribution in [-0.4, -0.2) is 18.2 Å². The average molecular weight is 251 g/mol. The summed E-state index contributed by atoms with van der Waals surface area (Å²) in [5.74, 6) is 0.0382. The molecule has 0 aliphatic rings. The third-order valence-corrected chi connectivity index (χ3v) is 1.91. The molecule has 0 spiro atoms. The van der Waals surface area contributed by atoms with Crippen molar-refractivity contribution in [2.75, 3.05) is 0 Å². The maximum absolute atomic E-state index is 10.3. The topological polar surface area (TPSA) is 93.0 Å². The Labute approximate surface area is 110 Å². The summed E-state index contributed by atoms with van der Waals surface area (Å²) in [7, 11) is 0. The van der Waals surface area contributed by atoms with E-state index in [0.717, 1.165) is 11.8 Å². The summed E-state index contributed by atoms with van der Waals surface area (Å²) < 4.78 is 0. The zero-order valence-corrected chi connectivity index (χ0v) is 11.7. The molecule has 0 aliphatic carbocycles. The molecule has 0 saturated heterocycles. The van der Waals surface area contributed by atoms with E-state index < -0.39 is 6.04 Å². The van der Waals surface area contributed by atoms with Gasteiger partial charge in [0.05, 0.1) is 6.04 Å². The van der Waals surface area contributed by atoms with Crippen LogP contribution in [0.4, 0.5) is 0 Å². The molecule has 4 nitrogen and oxygen atoms in total. The summed E-state index contributed by atoms with van der Waals surface area (Å²) in [4.78, 5) is 10.3. The van der Waals surface area contributed by atoms with Gasteiger partial charge in [0.25, 0.3) is 0 Å². The maximum atomic E-state index is 10.3. The van der Waals surface area contributed by atoms with Gasteiger partial charge >= 0.3 is 0 Å². The van der Waals surface area contributed by atoms with Crippen LogP contribution in [0.15, 0.2) is 24.3 Å². The Morgan fingerprint density at radius 2 is 1.67 bits per heavy atom. The molecule has 0 bridgehead atoms. The van der Waals surface area contributed by atoms with Gasteiger partial charge in [0, 0.05) is 5.56 Å². The Morgan fingerprint density at radius 1 is 1.22 bits per heavy atom. The zero-order chi connectivity index (χ0) is 14.6. The van der Waals surface area contributed by atoms with Crippen molar-refractivity contribution in [2.45, 2.75) is 40.2 Å². The lowest BCUT2D eigenvalue weighted by Crippen LogP contribution is -2.24. The van der Waals surface area contributed by atoms with E-state index in [1.54, 1.807) is 12.1 Å². The highest BCUT2D eigenvalue weighted by Gasteiger charge is 2.02. The van der Waals surface area contributed by atoms with Crippen molar-refractivity contribution in [3.8, 4) is 0 Å². The molecule has 0 saturated carbocycles. The minimum Gasteiger partial charge on any atom is -0.384 e. The Kier molecular flexibility index (Phi) is 12.2. The molecule has 0 amide bonds. The number of carbonyl (C=O) groups excluding carboxylic acids is 1. The van der Waals surface area contributed by atoms with E-state index in [1.807, 2.05) is 39.8 Å². The Bertz CT molecular complexity index is 333. The fraction of sp³-hybridized carbons (Fsp3) is 0.429. The molecule has 0 fully saturated rings. The first kappa shape index (κ1) is 18.7. The van der Waals surface area contributed by atoms with Gasteiger partial charge in [-0.25, -0.2) is 0 Å². The highest BCUT2D eigenvalue weighted by molar-refractivity contribution is 5.94. The highest BCUT2D eigenvalue weighted by Crippen LogP contribution is 2.05. The third-order valence-electron chi connectivity index (χ3n) is 1.91. The molecule has 5 N–H and O–H groups in total. The minimum atomic E-state index is -0.460. The quantitative estimate of drug-likeness (QED) is 0.434. The van der Waals surface area contributed by atoms with E-state index >= 15 is 0 Å². The van der Waals surface area contributed by atoms with Crippen molar-refractivity contribution >= 4 is 12.1 Å². The number of carbonyl (C=O) groups is 1. The first-order valence-electron chi connectivity index (χ1n) is 6.27.